The van der Waals surface area contributed by atoms with Crippen molar-refractivity contribution in [3.05, 3.63) is 11.9 Å². The van der Waals surface area contributed by atoms with Crippen LogP contribution in [-0.2, 0) is 6.18 Å². The Morgan fingerprint density at radius 2 is 1.86 bits per heavy atom. The number of nitrogens with zero attached hydrogens (tertiary/aromatic N) is 3. The summed E-state index contributed by atoms with van der Waals surface area (Å²) in [6.45, 7) is 5.05. The maximum Gasteiger partial charge on any atom is 0.451 e. The molecule has 8 heteroatoms. The smallest absolute Gasteiger partial charge is 0.370 e. The highest BCUT2D eigenvalue weighted by Crippen LogP contribution is 2.28. The van der Waals surface area contributed by atoms with Crippen LogP contribution in [0, 0.1) is 0 Å². The molecule has 0 aliphatic carbocycles. The number of nitrogens with one attached hydrogen (secondary N) is 2. The fourth-order valence-corrected chi connectivity index (χ4v) is 1.84. The molecule has 5 nitrogen and oxygen atoms in total. The number of aromatic nitrogens is 2. The van der Waals surface area contributed by atoms with Crippen LogP contribution in [0.2, 0.25) is 0 Å². The lowest BCUT2D eigenvalue weighted by Crippen LogP contribution is -2.30. The van der Waals surface area contributed by atoms with E-state index in [0.29, 0.717) is 13.1 Å². The molecular formula is C13H22F3N5. The molecule has 21 heavy (non-hydrogen) atoms. The van der Waals surface area contributed by atoms with Gasteiger partial charge in [0, 0.05) is 25.2 Å². The first-order valence-corrected chi connectivity index (χ1v) is 6.83. The van der Waals surface area contributed by atoms with Crippen molar-refractivity contribution in [2.24, 2.45) is 0 Å². The van der Waals surface area contributed by atoms with Crippen LogP contribution in [0.3, 0.4) is 0 Å². The molecule has 0 amide bonds. The van der Waals surface area contributed by atoms with Crippen LogP contribution >= 0.6 is 0 Å². The minimum Gasteiger partial charge on any atom is -0.370 e. The van der Waals surface area contributed by atoms with E-state index in [-0.39, 0.29) is 17.7 Å². The van der Waals surface area contributed by atoms with Gasteiger partial charge in [-0.1, -0.05) is 6.92 Å². The van der Waals surface area contributed by atoms with Gasteiger partial charge in [-0.25, -0.2) is 9.97 Å². The zero-order valence-corrected chi connectivity index (χ0v) is 12.8. The fourth-order valence-electron chi connectivity index (χ4n) is 1.84. The van der Waals surface area contributed by atoms with Crippen LogP contribution in [0.4, 0.5) is 24.8 Å². The summed E-state index contributed by atoms with van der Waals surface area (Å²) in [5.41, 5.74) is 0. The third kappa shape index (κ3) is 6.16. The molecule has 1 atom stereocenters. The molecule has 1 aromatic rings. The summed E-state index contributed by atoms with van der Waals surface area (Å²) < 4.78 is 38.5. The Balaban J connectivity index is 2.95. The topological polar surface area (TPSA) is 53.1 Å². The molecule has 0 radical (unpaired) electrons. The van der Waals surface area contributed by atoms with Crippen molar-refractivity contribution < 1.29 is 13.2 Å². The van der Waals surface area contributed by atoms with Gasteiger partial charge >= 0.3 is 6.18 Å². The Hall–Kier alpha value is -1.57. The van der Waals surface area contributed by atoms with Crippen LogP contribution in [-0.4, -0.2) is 48.1 Å². The number of halogens is 3. The molecule has 0 saturated carbocycles. The van der Waals surface area contributed by atoms with Gasteiger partial charge in [-0.15, -0.1) is 0 Å². The summed E-state index contributed by atoms with van der Waals surface area (Å²) in [5, 5.41) is 5.83. The highest BCUT2D eigenvalue weighted by Gasteiger charge is 2.35. The molecule has 0 spiro atoms. The number of rotatable bonds is 7. The molecule has 1 unspecified atom stereocenters. The van der Waals surface area contributed by atoms with Gasteiger partial charge in [-0.05, 0) is 27.4 Å². The Kier molecular flexibility index (Phi) is 6.19. The minimum absolute atomic E-state index is 0.0324. The predicted molar refractivity (Wildman–Crippen MR) is 77.5 cm³/mol. The number of hydrogen-bond acceptors (Lipinski definition) is 5. The first kappa shape index (κ1) is 17.5. The van der Waals surface area contributed by atoms with E-state index >= 15 is 0 Å². The minimum atomic E-state index is -4.56. The largest absolute Gasteiger partial charge is 0.451 e. The predicted octanol–water partition coefficient (Wildman–Crippen LogP) is 2.68. The van der Waals surface area contributed by atoms with Gasteiger partial charge in [0.25, 0.3) is 0 Å². The second-order valence-corrected chi connectivity index (χ2v) is 5.19. The van der Waals surface area contributed by atoms with E-state index in [0.717, 1.165) is 6.42 Å². The van der Waals surface area contributed by atoms with Gasteiger partial charge in [0.15, 0.2) is 0 Å². The van der Waals surface area contributed by atoms with E-state index in [1.165, 1.54) is 6.07 Å². The fraction of sp³-hybridized carbons (Fsp3) is 0.692. The summed E-state index contributed by atoms with van der Waals surface area (Å²) in [7, 11) is 3.79. The van der Waals surface area contributed by atoms with Gasteiger partial charge in [0.2, 0.25) is 5.82 Å². The average Bonchev–Trinajstić information content (AvgIpc) is 2.33. The maximum absolute atomic E-state index is 12.8. The Morgan fingerprint density at radius 1 is 1.24 bits per heavy atom. The summed E-state index contributed by atoms with van der Waals surface area (Å²) in [4.78, 5) is 9.01. The number of anilines is 2. The molecule has 1 heterocycles. The van der Waals surface area contributed by atoms with E-state index in [2.05, 4.69) is 20.6 Å². The molecule has 0 fully saturated rings. The maximum atomic E-state index is 12.8. The number of alkyl halides is 3. The van der Waals surface area contributed by atoms with Crippen molar-refractivity contribution in [3.63, 3.8) is 0 Å². The molecule has 0 aliphatic heterocycles. The van der Waals surface area contributed by atoms with E-state index in [4.69, 9.17) is 0 Å². The first-order chi connectivity index (χ1) is 9.72. The quantitative estimate of drug-likeness (QED) is 0.811. The van der Waals surface area contributed by atoms with Crippen LogP contribution in [0.15, 0.2) is 6.07 Å². The monoisotopic (exact) mass is 305 g/mol. The van der Waals surface area contributed by atoms with Crippen molar-refractivity contribution >= 4 is 11.6 Å². The van der Waals surface area contributed by atoms with Gasteiger partial charge in [-0.2, -0.15) is 13.2 Å². The molecule has 0 aromatic carbocycles. The Bertz CT molecular complexity index is 448. The SMILES string of the molecule is CCCNc1cc(NC(C)CN(C)C)nc(C(F)(F)F)n1. The van der Waals surface area contributed by atoms with Crippen LogP contribution in [0.1, 0.15) is 26.1 Å². The first-order valence-electron chi connectivity index (χ1n) is 6.83. The molecule has 120 valence electrons. The normalized spacial score (nSPS) is 13.3. The van der Waals surface area contributed by atoms with Gasteiger partial charge < -0.3 is 15.5 Å². The second-order valence-electron chi connectivity index (χ2n) is 5.19. The van der Waals surface area contributed by atoms with E-state index in [1.807, 2.05) is 32.8 Å². The lowest BCUT2D eigenvalue weighted by Gasteiger charge is -2.20. The lowest BCUT2D eigenvalue weighted by atomic mass is 10.3. The standard InChI is InChI=1S/C13H22F3N5/c1-5-6-17-10-7-11(18-9(2)8-21(3)4)20-12(19-10)13(14,15)16/h7,9H,5-6,8H2,1-4H3,(H2,17,18,19,20). The van der Waals surface area contributed by atoms with E-state index in [9.17, 15) is 13.2 Å². The lowest BCUT2D eigenvalue weighted by molar-refractivity contribution is -0.144. The zero-order chi connectivity index (χ0) is 16.0. The highest BCUT2D eigenvalue weighted by molar-refractivity contribution is 5.48. The Labute approximate surface area is 123 Å². The van der Waals surface area contributed by atoms with Crippen LogP contribution < -0.4 is 10.6 Å². The van der Waals surface area contributed by atoms with E-state index < -0.39 is 12.0 Å². The van der Waals surface area contributed by atoms with Crippen molar-refractivity contribution in [3.8, 4) is 0 Å². The third-order valence-corrected chi connectivity index (χ3v) is 2.57. The third-order valence-electron chi connectivity index (χ3n) is 2.57. The van der Waals surface area contributed by atoms with Crippen molar-refractivity contribution in [2.45, 2.75) is 32.5 Å². The molecule has 2 N–H and O–H groups in total. The summed E-state index contributed by atoms with van der Waals surface area (Å²) in [6.07, 6.45) is -3.77. The summed E-state index contributed by atoms with van der Waals surface area (Å²) in [6, 6.07) is 1.46. The highest BCUT2D eigenvalue weighted by atomic mass is 19.4. The second kappa shape index (κ2) is 7.44. The number of likely N-dealkylation sites (N-methyl/N-ethyl adjacent to an activating group) is 1. The van der Waals surface area contributed by atoms with Crippen molar-refractivity contribution in [2.75, 3.05) is 37.8 Å². The van der Waals surface area contributed by atoms with Crippen molar-refractivity contribution in [1.82, 2.24) is 14.9 Å². The molecular weight excluding hydrogens is 283 g/mol. The molecule has 0 aliphatic rings. The van der Waals surface area contributed by atoms with Gasteiger partial charge in [0.1, 0.15) is 11.6 Å². The molecule has 0 bridgehead atoms. The Morgan fingerprint density at radius 3 is 2.38 bits per heavy atom. The average molecular weight is 305 g/mol. The molecule has 1 aromatic heterocycles. The molecule has 0 saturated heterocycles. The number of hydrogen-bond donors (Lipinski definition) is 2. The summed E-state index contributed by atoms with van der Waals surface area (Å²) in [5.74, 6) is -0.785. The van der Waals surface area contributed by atoms with Gasteiger partial charge in [0.05, 0.1) is 0 Å². The molecule has 1 rings (SSSR count). The van der Waals surface area contributed by atoms with Crippen LogP contribution in [0.25, 0.3) is 0 Å². The van der Waals surface area contributed by atoms with Crippen molar-refractivity contribution in [1.29, 1.82) is 0 Å². The zero-order valence-electron chi connectivity index (χ0n) is 12.8. The van der Waals surface area contributed by atoms with Gasteiger partial charge in [-0.3, -0.25) is 0 Å². The van der Waals surface area contributed by atoms with E-state index in [1.54, 1.807) is 0 Å². The summed E-state index contributed by atoms with van der Waals surface area (Å²) >= 11 is 0. The van der Waals surface area contributed by atoms with Crippen LogP contribution in [0.5, 0.6) is 0 Å².